The Balaban J connectivity index is 1.67. The third kappa shape index (κ3) is 2.68. The number of carbonyl (C=O) groups is 1. The molecule has 98 valence electrons. The average molecular weight is 274 g/mol. The highest BCUT2D eigenvalue weighted by Crippen LogP contribution is 2.36. The number of benzene rings is 1. The fourth-order valence-electron chi connectivity index (χ4n) is 1.92. The van der Waals surface area contributed by atoms with Gasteiger partial charge >= 0.3 is 0 Å². The molecule has 1 aromatic heterocycles. The van der Waals surface area contributed by atoms with E-state index in [1.165, 1.54) is 11.8 Å². The van der Waals surface area contributed by atoms with Crippen LogP contribution in [0.15, 0.2) is 29.4 Å². The van der Waals surface area contributed by atoms with Crippen LogP contribution in [0.25, 0.3) is 0 Å². The number of hydrogen-bond donors (Lipinski definition) is 0. The lowest BCUT2D eigenvalue weighted by atomic mass is 10.1. The minimum atomic E-state index is 0.119. The maximum absolute atomic E-state index is 12.2. The lowest BCUT2D eigenvalue weighted by molar-refractivity contribution is 0.102. The molecule has 1 aliphatic carbocycles. The molecule has 0 unspecified atom stereocenters. The van der Waals surface area contributed by atoms with Gasteiger partial charge < -0.3 is 0 Å². The van der Waals surface area contributed by atoms with Gasteiger partial charge in [-0.25, -0.2) is 4.68 Å². The van der Waals surface area contributed by atoms with Gasteiger partial charge in [-0.2, -0.15) is 0 Å². The summed E-state index contributed by atoms with van der Waals surface area (Å²) < 4.78 is 1.83. The summed E-state index contributed by atoms with van der Waals surface area (Å²) in [6.45, 7) is 1.95. The third-order valence-electron chi connectivity index (χ3n) is 3.13. The van der Waals surface area contributed by atoms with E-state index >= 15 is 0 Å². The summed E-state index contributed by atoms with van der Waals surface area (Å²) in [5.41, 5.74) is 1.79. The largest absolute Gasteiger partial charge is 0.293 e. The highest BCUT2D eigenvalue weighted by molar-refractivity contribution is 7.99. The van der Waals surface area contributed by atoms with E-state index in [4.69, 9.17) is 0 Å². The lowest BCUT2D eigenvalue weighted by Crippen LogP contribution is -2.06. The standard InChI is InChI=1S/C13H14N4OS/c1-9-4-2-3-5-11(9)12(18)8-19-13-14-15-16-17(13)10-6-7-10/h2-5,10H,6-8H2,1H3. The molecule has 0 spiro atoms. The molecule has 0 bridgehead atoms. The lowest BCUT2D eigenvalue weighted by Gasteiger charge is -2.04. The molecule has 19 heavy (non-hydrogen) atoms. The van der Waals surface area contributed by atoms with Gasteiger partial charge in [0.05, 0.1) is 11.8 Å². The molecular formula is C13H14N4OS. The quantitative estimate of drug-likeness (QED) is 0.618. The number of rotatable bonds is 5. The maximum Gasteiger partial charge on any atom is 0.210 e. The van der Waals surface area contributed by atoms with Crippen LogP contribution in [0.3, 0.4) is 0 Å². The number of tetrazole rings is 1. The third-order valence-corrected chi connectivity index (χ3v) is 4.07. The van der Waals surface area contributed by atoms with E-state index in [-0.39, 0.29) is 5.78 Å². The van der Waals surface area contributed by atoms with Crippen LogP contribution >= 0.6 is 11.8 Å². The first-order valence-electron chi connectivity index (χ1n) is 6.25. The monoisotopic (exact) mass is 274 g/mol. The van der Waals surface area contributed by atoms with Crippen molar-refractivity contribution in [3.05, 3.63) is 35.4 Å². The van der Waals surface area contributed by atoms with Crippen molar-refractivity contribution in [1.29, 1.82) is 0 Å². The first-order chi connectivity index (χ1) is 9.25. The fraction of sp³-hybridized carbons (Fsp3) is 0.385. The van der Waals surface area contributed by atoms with E-state index < -0.39 is 0 Å². The maximum atomic E-state index is 12.2. The number of aryl methyl sites for hydroxylation is 1. The van der Waals surface area contributed by atoms with Crippen LogP contribution in [0.2, 0.25) is 0 Å². The van der Waals surface area contributed by atoms with Crippen molar-refractivity contribution < 1.29 is 4.79 Å². The Morgan fingerprint density at radius 3 is 2.95 bits per heavy atom. The average Bonchev–Trinajstić information content (AvgIpc) is 3.15. The second-order valence-corrected chi connectivity index (χ2v) is 5.61. The molecule has 0 aliphatic heterocycles. The molecule has 1 heterocycles. The van der Waals surface area contributed by atoms with E-state index in [1.807, 2.05) is 35.9 Å². The Labute approximate surface area is 115 Å². The van der Waals surface area contributed by atoms with Gasteiger partial charge in [-0.15, -0.1) is 5.10 Å². The summed E-state index contributed by atoms with van der Waals surface area (Å²) in [4.78, 5) is 12.2. The zero-order valence-electron chi connectivity index (χ0n) is 10.6. The number of aromatic nitrogens is 4. The number of Topliss-reactive ketones (excluding diaryl/α,β-unsaturated/α-hetero) is 1. The molecule has 0 saturated heterocycles. The van der Waals surface area contributed by atoms with E-state index in [1.54, 1.807) is 0 Å². The first kappa shape index (κ1) is 12.3. The molecule has 0 N–H and O–H groups in total. The van der Waals surface area contributed by atoms with Crippen molar-refractivity contribution in [2.45, 2.75) is 31.0 Å². The van der Waals surface area contributed by atoms with Gasteiger partial charge in [-0.1, -0.05) is 36.0 Å². The number of carbonyl (C=O) groups excluding carboxylic acids is 1. The van der Waals surface area contributed by atoms with Crippen LogP contribution in [0, 0.1) is 6.92 Å². The van der Waals surface area contributed by atoms with Gasteiger partial charge in [0, 0.05) is 5.56 Å². The van der Waals surface area contributed by atoms with Crippen molar-refractivity contribution in [3.63, 3.8) is 0 Å². The summed E-state index contributed by atoms with van der Waals surface area (Å²) in [5.74, 6) is 0.492. The minimum absolute atomic E-state index is 0.119. The van der Waals surface area contributed by atoms with Crippen molar-refractivity contribution in [1.82, 2.24) is 20.2 Å². The molecule has 2 aromatic rings. The number of nitrogens with zero attached hydrogens (tertiary/aromatic N) is 4. The number of thioether (sulfide) groups is 1. The van der Waals surface area contributed by atoms with E-state index in [2.05, 4.69) is 15.5 Å². The molecule has 1 aromatic carbocycles. The summed E-state index contributed by atoms with van der Waals surface area (Å²) in [6.07, 6.45) is 2.26. The van der Waals surface area contributed by atoms with Gasteiger partial charge in [0.1, 0.15) is 0 Å². The van der Waals surface area contributed by atoms with E-state index in [0.29, 0.717) is 11.8 Å². The molecule has 1 aliphatic rings. The Kier molecular flexibility index (Phi) is 3.33. The predicted molar refractivity (Wildman–Crippen MR) is 72.3 cm³/mol. The summed E-state index contributed by atoms with van der Waals surface area (Å²) in [6, 6.07) is 8.08. The highest BCUT2D eigenvalue weighted by atomic mass is 32.2. The Bertz CT molecular complexity index is 606. The number of hydrogen-bond acceptors (Lipinski definition) is 5. The van der Waals surface area contributed by atoms with Crippen LogP contribution in [0.5, 0.6) is 0 Å². The molecule has 0 amide bonds. The summed E-state index contributed by atoms with van der Waals surface area (Å²) >= 11 is 1.41. The molecule has 1 fully saturated rings. The minimum Gasteiger partial charge on any atom is -0.293 e. The first-order valence-corrected chi connectivity index (χ1v) is 7.24. The van der Waals surface area contributed by atoms with Gasteiger partial charge in [0.25, 0.3) is 0 Å². The highest BCUT2D eigenvalue weighted by Gasteiger charge is 2.28. The Morgan fingerprint density at radius 1 is 1.42 bits per heavy atom. The zero-order valence-corrected chi connectivity index (χ0v) is 11.4. The molecule has 0 radical (unpaired) electrons. The van der Waals surface area contributed by atoms with Crippen molar-refractivity contribution in [3.8, 4) is 0 Å². The van der Waals surface area contributed by atoms with Crippen LogP contribution in [-0.2, 0) is 0 Å². The second-order valence-electron chi connectivity index (χ2n) is 4.66. The van der Waals surface area contributed by atoms with Crippen molar-refractivity contribution in [2.24, 2.45) is 0 Å². The van der Waals surface area contributed by atoms with Crippen LogP contribution < -0.4 is 0 Å². The van der Waals surface area contributed by atoms with Gasteiger partial charge in [0.2, 0.25) is 5.16 Å². The van der Waals surface area contributed by atoms with Gasteiger partial charge in [0.15, 0.2) is 5.78 Å². The van der Waals surface area contributed by atoms with Crippen molar-refractivity contribution >= 4 is 17.5 Å². The van der Waals surface area contributed by atoms with Crippen LogP contribution in [0.1, 0.15) is 34.8 Å². The Hall–Kier alpha value is -1.69. The Morgan fingerprint density at radius 2 is 2.21 bits per heavy atom. The van der Waals surface area contributed by atoms with Gasteiger partial charge in [-0.3, -0.25) is 4.79 Å². The van der Waals surface area contributed by atoms with Gasteiger partial charge in [-0.05, 0) is 35.8 Å². The zero-order chi connectivity index (χ0) is 13.2. The summed E-state index contributed by atoms with van der Waals surface area (Å²) in [5, 5.41) is 12.4. The SMILES string of the molecule is Cc1ccccc1C(=O)CSc1nnnn1C1CC1. The van der Waals surface area contributed by atoms with Crippen LogP contribution in [-0.4, -0.2) is 31.7 Å². The topological polar surface area (TPSA) is 60.7 Å². The molecular weight excluding hydrogens is 260 g/mol. The number of ketones is 1. The van der Waals surface area contributed by atoms with Crippen molar-refractivity contribution in [2.75, 3.05) is 5.75 Å². The second kappa shape index (κ2) is 5.13. The molecule has 1 saturated carbocycles. The van der Waals surface area contributed by atoms with Crippen LogP contribution in [0.4, 0.5) is 0 Å². The molecule has 6 heteroatoms. The smallest absolute Gasteiger partial charge is 0.210 e. The molecule has 5 nitrogen and oxygen atoms in total. The molecule has 0 atom stereocenters. The fourth-order valence-corrected chi connectivity index (χ4v) is 2.75. The predicted octanol–water partition coefficient (Wildman–Crippen LogP) is 2.29. The van der Waals surface area contributed by atoms with E-state index in [0.717, 1.165) is 29.1 Å². The normalized spacial score (nSPS) is 14.6. The molecule has 3 rings (SSSR count). The summed E-state index contributed by atoms with van der Waals surface area (Å²) in [7, 11) is 0. The van der Waals surface area contributed by atoms with E-state index in [9.17, 15) is 4.79 Å².